The molecule has 0 aliphatic rings. The van der Waals surface area contributed by atoms with Crippen molar-refractivity contribution < 1.29 is 0 Å². The Kier molecular flexibility index (Phi) is 8.08. The van der Waals surface area contributed by atoms with Gasteiger partial charge in [0.2, 0.25) is 0 Å². The topological polar surface area (TPSA) is 12.9 Å². The maximum Gasteiger partial charge on any atom is 0.0814 e. The highest BCUT2D eigenvalue weighted by Crippen LogP contribution is 1.73. The second kappa shape index (κ2) is 6.28. The minimum absolute atomic E-state index is 0. The predicted octanol–water partition coefficient (Wildman–Crippen LogP) is -1.29. The summed E-state index contributed by atoms with van der Waals surface area (Å²) < 4.78 is 0. The second-order valence-corrected chi connectivity index (χ2v) is 1.02. The van der Waals surface area contributed by atoms with Crippen LogP contribution in [0.15, 0.2) is 30.6 Å². The molecule has 1 rings (SSSR count). The van der Waals surface area contributed by atoms with Gasteiger partial charge in [0.05, 0.1) is 16.8 Å². The molecule has 0 saturated heterocycles. The molecule has 0 atom stereocenters. The predicted molar refractivity (Wildman–Crippen MR) is 44.1 cm³/mol. The molecule has 8 heavy (non-hydrogen) atoms. The van der Waals surface area contributed by atoms with E-state index in [-0.39, 0.29) is 16.8 Å². The quantitative estimate of drug-likeness (QED) is 0.376. The van der Waals surface area contributed by atoms with Gasteiger partial charge in [0, 0.05) is 12.4 Å². The van der Waals surface area contributed by atoms with E-state index >= 15 is 0 Å². The third-order valence-electron chi connectivity index (χ3n) is 0.566. The molecule has 0 saturated carbocycles. The van der Waals surface area contributed by atoms with Crippen LogP contribution in [0.4, 0.5) is 0 Å². The highest BCUT2D eigenvalue weighted by atomic mass is 14.6. The molecule has 0 amide bonds. The van der Waals surface area contributed by atoms with Gasteiger partial charge in [-0.05, 0) is 12.1 Å². The molecule has 0 spiro atoms. The zero-order valence-electron chi connectivity index (χ0n) is 3.33. The first kappa shape index (κ1) is 10.3. The van der Waals surface area contributed by atoms with E-state index in [2.05, 4.69) is 4.98 Å². The Labute approximate surface area is 53.3 Å². The highest BCUT2D eigenvalue weighted by Gasteiger charge is 1.58. The first-order valence-corrected chi connectivity index (χ1v) is 1.85. The van der Waals surface area contributed by atoms with Crippen molar-refractivity contribution in [3.8, 4) is 0 Å². The maximum atomic E-state index is 3.78. The van der Waals surface area contributed by atoms with Crippen LogP contribution in [0.2, 0.25) is 0 Å². The van der Waals surface area contributed by atoms with Crippen molar-refractivity contribution >= 4 is 16.8 Å². The molecule has 0 aliphatic carbocycles. The van der Waals surface area contributed by atoms with E-state index in [0.717, 1.165) is 0 Å². The fourth-order valence-corrected chi connectivity index (χ4v) is 0.313. The Hall–Kier alpha value is -0.720. The molecule has 1 aromatic rings. The van der Waals surface area contributed by atoms with Crippen molar-refractivity contribution in [3.05, 3.63) is 30.6 Å². The summed E-state index contributed by atoms with van der Waals surface area (Å²) in [5.74, 6) is 0. The molecule has 0 unspecified atom stereocenters. The highest BCUT2D eigenvalue weighted by molar-refractivity contribution is 5.76. The van der Waals surface area contributed by atoms with Crippen LogP contribution in [0.25, 0.3) is 0 Å². The minimum atomic E-state index is 0. The summed E-state index contributed by atoms with van der Waals surface area (Å²) in [5.41, 5.74) is 0. The van der Waals surface area contributed by atoms with Crippen molar-refractivity contribution in [2.75, 3.05) is 0 Å². The number of pyridine rings is 1. The van der Waals surface area contributed by atoms with Gasteiger partial charge in [-0.3, -0.25) is 4.98 Å². The first-order chi connectivity index (χ1) is 3.00. The maximum absolute atomic E-state index is 3.78. The van der Waals surface area contributed by atoms with E-state index < -0.39 is 0 Å². The number of rotatable bonds is 0. The van der Waals surface area contributed by atoms with Crippen LogP contribution in [0.5, 0.6) is 0 Å². The largest absolute Gasteiger partial charge is 0.265 e. The molecule has 3 heteroatoms. The van der Waals surface area contributed by atoms with Crippen LogP contribution < -0.4 is 0 Å². The lowest BCUT2D eigenvalue weighted by Crippen LogP contribution is -1.58. The van der Waals surface area contributed by atoms with Crippen molar-refractivity contribution in [1.29, 1.82) is 0 Å². The molecule has 0 aromatic carbocycles. The van der Waals surface area contributed by atoms with Crippen molar-refractivity contribution in [3.63, 3.8) is 0 Å². The van der Waals surface area contributed by atoms with E-state index in [1.54, 1.807) is 12.4 Å². The molecular weight excluding hydrogens is 95.7 g/mol. The summed E-state index contributed by atoms with van der Waals surface area (Å²) in [6, 6.07) is 5.72. The normalized spacial score (nSPS) is 6.00. The average molecular weight is 107 g/mol. The fourth-order valence-electron chi connectivity index (χ4n) is 0.313. The Balaban J connectivity index is 0. The lowest BCUT2D eigenvalue weighted by Gasteiger charge is -1.70. The first-order valence-electron chi connectivity index (χ1n) is 1.85. The molecule has 1 heterocycles. The van der Waals surface area contributed by atoms with Gasteiger partial charge < -0.3 is 0 Å². The lowest BCUT2D eigenvalue weighted by atomic mass is 10.5. The summed E-state index contributed by atoms with van der Waals surface area (Å²) in [6.07, 6.45) is 3.50. The third-order valence-corrected chi connectivity index (χ3v) is 0.566. The standard InChI is InChI=1S/C5H5N.2BH3/c1-2-4-6-5-3-1;;/h1-5H;2*1H3. The van der Waals surface area contributed by atoms with Gasteiger partial charge in [0.1, 0.15) is 0 Å². The molecule has 0 fully saturated rings. The molecule has 0 radical (unpaired) electrons. The van der Waals surface area contributed by atoms with E-state index in [1.165, 1.54) is 0 Å². The van der Waals surface area contributed by atoms with Gasteiger partial charge in [0.15, 0.2) is 0 Å². The number of hydrogen-bond acceptors (Lipinski definition) is 1. The molecule has 0 aliphatic heterocycles. The van der Waals surface area contributed by atoms with Crippen molar-refractivity contribution in [1.82, 2.24) is 4.98 Å². The van der Waals surface area contributed by atoms with Crippen LogP contribution in [0.1, 0.15) is 0 Å². The molecule has 42 valence electrons. The smallest absolute Gasteiger partial charge is 0.0814 e. The third kappa shape index (κ3) is 3.47. The van der Waals surface area contributed by atoms with Crippen molar-refractivity contribution in [2.45, 2.75) is 0 Å². The van der Waals surface area contributed by atoms with Crippen LogP contribution >= 0.6 is 0 Å². The SMILES string of the molecule is B.B.c1ccncc1. The Morgan fingerprint density at radius 1 is 0.750 bits per heavy atom. The van der Waals surface area contributed by atoms with E-state index in [1.807, 2.05) is 18.2 Å². The van der Waals surface area contributed by atoms with E-state index in [0.29, 0.717) is 0 Å². The van der Waals surface area contributed by atoms with Crippen LogP contribution in [0, 0.1) is 0 Å². The fraction of sp³-hybridized carbons (Fsp3) is 0. The molecule has 0 N–H and O–H groups in total. The monoisotopic (exact) mass is 107 g/mol. The van der Waals surface area contributed by atoms with Crippen LogP contribution in [-0.4, -0.2) is 21.8 Å². The molecule has 1 aromatic heterocycles. The van der Waals surface area contributed by atoms with Gasteiger partial charge >= 0.3 is 0 Å². The second-order valence-electron chi connectivity index (χ2n) is 1.02. The molecule has 0 bridgehead atoms. The van der Waals surface area contributed by atoms with Crippen LogP contribution in [-0.2, 0) is 0 Å². The van der Waals surface area contributed by atoms with Crippen molar-refractivity contribution in [2.24, 2.45) is 0 Å². The Bertz CT molecular complexity index is 82.4. The van der Waals surface area contributed by atoms with Gasteiger partial charge in [0.25, 0.3) is 0 Å². The number of nitrogens with zero attached hydrogens (tertiary/aromatic N) is 1. The number of aromatic nitrogens is 1. The minimum Gasteiger partial charge on any atom is -0.265 e. The van der Waals surface area contributed by atoms with Crippen LogP contribution in [0.3, 0.4) is 0 Å². The summed E-state index contributed by atoms with van der Waals surface area (Å²) in [6.45, 7) is 0. The summed E-state index contributed by atoms with van der Waals surface area (Å²) in [5, 5.41) is 0. The zero-order valence-corrected chi connectivity index (χ0v) is 3.33. The average Bonchev–Trinajstić information content (AvgIpc) is 1.72. The Morgan fingerprint density at radius 3 is 1.38 bits per heavy atom. The van der Waals surface area contributed by atoms with E-state index in [9.17, 15) is 0 Å². The summed E-state index contributed by atoms with van der Waals surface area (Å²) >= 11 is 0. The summed E-state index contributed by atoms with van der Waals surface area (Å²) in [4.78, 5) is 3.78. The molecule has 1 nitrogen and oxygen atoms in total. The lowest BCUT2D eigenvalue weighted by molar-refractivity contribution is 1.33. The number of hydrogen-bond donors (Lipinski definition) is 0. The zero-order chi connectivity index (χ0) is 4.24. The Morgan fingerprint density at radius 2 is 1.25 bits per heavy atom. The van der Waals surface area contributed by atoms with Gasteiger partial charge in [-0.2, -0.15) is 0 Å². The summed E-state index contributed by atoms with van der Waals surface area (Å²) in [7, 11) is 0. The van der Waals surface area contributed by atoms with Gasteiger partial charge in [-0.15, -0.1) is 0 Å². The van der Waals surface area contributed by atoms with Gasteiger partial charge in [-0.1, -0.05) is 6.07 Å². The van der Waals surface area contributed by atoms with E-state index in [4.69, 9.17) is 0 Å². The molecular formula is C5H11B2N. The van der Waals surface area contributed by atoms with Gasteiger partial charge in [-0.25, -0.2) is 0 Å².